The molecule has 0 aromatic heterocycles. The van der Waals surface area contributed by atoms with E-state index < -0.39 is 0 Å². The van der Waals surface area contributed by atoms with Gasteiger partial charge in [0.2, 0.25) is 0 Å². The first-order valence-corrected chi connectivity index (χ1v) is 10.9. The van der Waals surface area contributed by atoms with E-state index in [9.17, 15) is 4.79 Å². The molecule has 1 saturated heterocycles. The number of aryl methyl sites for hydroxylation is 2. The number of ether oxygens (including phenoxy) is 1. The normalized spacial score (nSPS) is 21.2. The Morgan fingerprint density at radius 2 is 1.40 bits per heavy atom. The van der Waals surface area contributed by atoms with Crippen molar-refractivity contribution < 1.29 is 9.53 Å². The van der Waals surface area contributed by atoms with Gasteiger partial charge in [-0.25, -0.2) is 0 Å². The summed E-state index contributed by atoms with van der Waals surface area (Å²) >= 11 is 0. The second kappa shape index (κ2) is 8.45. The molecule has 1 N–H and O–H groups in total. The minimum Gasteiger partial charge on any atom is -0.377 e. The monoisotopic (exact) mass is 397 g/mol. The van der Waals surface area contributed by atoms with Gasteiger partial charge in [-0.05, 0) is 60.1 Å². The molecule has 3 heteroatoms. The first kappa shape index (κ1) is 19.1. The van der Waals surface area contributed by atoms with Crippen LogP contribution in [0, 0.1) is 0 Å². The van der Waals surface area contributed by atoms with E-state index in [-0.39, 0.29) is 24.0 Å². The van der Waals surface area contributed by atoms with Gasteiger partial charge in [0.1, 0.15) is 0 Å². The minimum absolute atomic E-state index is 0.00270. The Balaban J connectivity index is 1.43. The molecule has 0 saturated carbocycles. The van der Waals surface area contributed by atoms with Crippen molar-refractivity contribution in [2.45, 2.75) is 43.7 Å². The summed E-state index contributed by atoms with van der Waals surface area (Å²) in [7, 11) is 0. The minimum atomic E-state index is 0.00270. The van der Waals surface area contributed by atoms with Crippen LogP contribution in [0.4, 0.5) is 0 Å². The van der Waals surface area contributed by atoms with Crippen LogP contribution in [0.3, 0.4) is 0 Å². The quantitative estimate of drug-likeness (QED) is 0.683. The van der Waals surface area contributed by atoms with E-state index in [0.717, 1.165) is 25.7 Å². The standard InChI is InChI=1S/C27H27NO2/c29-27(21-10-2-1-3-11-21)28-22-16-17-30-25(18-22)26-23-12-6-4-8-19(23)14-15-20-9-5-7-13-24(20)26/h1-13,22,25-26H,14-18H2,(H,28,29). The van der Waals surface area contributed by atoms with Gasteiger partial charge in [0.15, 0.2) is 0 Å². The van der Waals surface area contributed by atoms with Gasteiger partial charge in [-0.2, -0.15) is 0 Å². The third-order valence-electron chi connectivity index (χ3n) is 6.50. The highest BCUT2D eigenvalue weighted by Gasteiger charge is 2.35. The Morgan fingerprint density at radius 3 is 2.07 bits per heavy atom. The van der Waals surface area contributed by atoms with Crippen molar-refractivity contribution >= 4 is 5.91 Å². The van der Waals surface area contributed by atoms with E-state index >= 15 is 0 Å². The predicted octanol–water partition coefficient (Wildman–Crippen LogP) is 4.89. The van der Waals surface area contributed by atoms with Gasteiger partial charge in [-0.1, -0.05) is 66.7 Å². The zero-order chi connectivity index (χ0) is 20.3. The fourth-order valence-corrected chi connectivity index (χ4v) is 5.02. The lowest BCUT2D eigenvalue weighted by atomic mass is 9.80. The summed E-state index contributed by atoms with van der Waals surface area (Å²) in [6.45, 7) is 0.672. The van der Waals surface area contributed by atoms with E-state index in [4.69, 9.17) is 4.74 Å². The Hall–Kier alpha value is -2.91. The maximum absolute atomic E-state index is 12.7. The van der Waals surface area contributed by atoms with E-state index in [1.807, 2.05) is 30.3 Å². The van der Waals surface area contributed by atoms with Gasteiger partial charge in [-0.3, -0.25) is 4.79 Å². The van der Waals surface area contributed by atoms with Gasteiger partial charge in [0.25, 0.3) is 5.91 Å². The molecule has 2 aliphatic rings. The molecule has 2 atom stereocenters. The molecule has 2 unspecified atom stereocenters. The SMILES string of the molecule is O=C(NC1CCOC(C2c3ccccc3CCc3ccccc32)C1)c1ccccc1. The highest BCUT2D eigenvalue weighted by molar-refractivity contribution is 5.94. The Morgan fingerprint density at radius 1 is 0.800 bits per heavy atom. The highest BCUT2D eigenvalue weighted by Crippen LogP contribution is 2.40. The smallest absolute Gasteiger partial charge is 0.251 e. The van der Waals surface area contributed by atoms with Crippen molar-refractivity contribution in [3.05, 3.63) is 107 Å². The third kappa shape index (κ3) is 3.78. The maximum atomic E-state index is 12.7. The van der Waals surface area contributed by atoms with Crippen molar-refractivity contribution in [3.8, 4) is 0 Å². The molecule has 152 valence electrons. The van der Waals surface area contributed by atoms with Crippen LogP contribution in [0.2, 0.25) is 0 Å². The summed E-state index contributed by atoms with van der Waals surface area (Å²) in [5.74, 6) is 0.208. The first-order chi connectivity index (χ1) is 14.8. The molecule has 5 rings (SSSR count). The summed E-state index contributed by atoms with van der Waals surface area (Å²) in [6, 6.07) is 27.2. The van der Waals surface area contributed by atoms with Crippen LogP contribution in [-0.2, 0) is 17.6 Å². The van der Waals surface area contributed by atoms with Crippen LogP contribution in [0.1, 0.15) is 51.4 Å². The van der Waals surface area contributed by atoms with Crippen LogP contribution in [-0.4, -0.2) is 24.7 Å². The number of fused-ring (bicyclic) bond motifs is 2. The second-order valence-electron chi connectivity index (χ2n) is 8.35. The van der Waals surface area contributed by atoms with Gasteiger partial charge >= 0.3 is 0 Å². The molecule has 1 heterocycles. The summed E-state index contributed by atoms with van der Waals surface area (Å²) in [5, 5.41) is 3.25. The van der Waals surface area contributed by atoms with Gasteiger partial charge < -0.3 is 10.1 Å². The molecule has 1 aliphatic carbocycles. The molecule has 3 aromatic carbocycles. The number of rotatable bonds is 3. The number of carbonyl (C=O) groups is 1. The number of carbonyl (C=O) groups excluding carboxylic acids is 1. The molecule has 30 heavy (non-hydrogen) atoms. The topological polar surface area (TPSA) is 38.3 Å². The van der Waals surface area contributed by atoms with E-state index in [1.54, 1.807) is 0 Å². The van der Waals surface area contributed by atoms with E-state index in [1.165, 1.54) is 22.3 Å². The van der Waals surface area contributed by atoms with Crippen molar-refractivity contribution in [2.75, 3.05) is 6.61 Å². The van der Waals surface area contributed by atoms with Crippen LogP contribution in [0.5, 0.6) is 0 Å². The van der Waals surface area contributed by atoms with Crippen molar-refractivity contribution in [1.82, 2.24) is 5.32 Å². The molecule has 0 radical (unpaired) electrons. The summed E-state index contributed by atoms with van der Waals surface area (Å²) in [6.07, 6.45) is 3.85. The summed E-state index contributed by atoms with van der Waals surface area (Å²) in [5.41, 5.74) is 6.30. The maximum Gasteiger partial charge on any atom is 0.251 e. The lowest BCUT2D eigenvalue weighted by molar-refractivity contribution is -0.00672. The lowest BCUT2D eigenvalue weighted by Gasteiger charge is -2.36. The Labute approximate surface area is 178 Å². The van der Waals surface area contributed by atoms with Gasteiger partial charge in [0, 0.05) is 24.1 Å². The zero-order valence-corrected chi connectivity index (χ0v) is 17.1. The zero-order valence-electron chi connectivity index (χ0n) is 17.1. The molecule has 1 amide bonds. The molecule has 3 aromatic rings. The third-order valence-corrected chi connectivity index (χ3v) is 6.50. The summed E-state index contributed by atoms with van der Waals surface area (Å²) in [4.78, 5) is 12.7. The average Bonchev–Trinajstić information content (AvgIpc) is 2.97. The molecule has 1 fully saturated rings. The largest absolute Gasteiger partial charge is 0.377 e. The summed E-state index contributed by atoms with van der Waals surface area (Å²) < 4.78 is 6.35. The van der Waals surface area contributed by atoms with Crippen molar-refractivity contribution in [2.24, 2.45) is 0 Å². The molecule has 1 aliphatic heterocycles. The molecular weight excluding hydrogens is 370 g/mol. The van der Waals surface area contributed by atoms with Crippen molar-refractivity contribution in [3.63, 3.8) is 0 Å². The number of amides is 1. The lowest BCUT2D eigenvalue weighted by Crippen LogP contribution is -2.44. The fraction of sp³-hybridized carbons (Fsp3) is 0.296. The van der Waals surface area contributed by atoms with Crippen LogP contribution >= 0.6 is 0 Å². The van der Waals surface area contributed by atoms with Crippen LogP contribution in [0.25, 0.3) is 0 Å². The number of hydrogen-bond donors (Lipinski definition) is 1. The molecule has 0 bridgehead atoms. The van der Waals surface area contributed by atoms with Gasteiger partial charge in [0.05, 0.1) is 6.10 Å². The molecular formula is C27H27NO2. The average molecular weight is 398 g/mol. The van der Waals surface area contributed by atoms with E-state index in [0.29, 0.717) is 12.2 Å². The van der Waals surface area contributed by atoms with E-state index in [2.05, 4.69) is 53.8 Å². The number of benzene rings is 3. The Bertz CT molecular complexity index is 982. The van der Waals surface area contributed by atoms with Crippen LogP contribution in [0.15, 0.2) is 78.9 Å². The van der Waals surface area contributed by atoms with Crippen molar-refractivity contribution in [1.29, 1.82) is 0 Å². The molecule has 3 nitrogen and oxygen atoms in total. The number of nitrogens with one attached hydrogen (secondary N) is 1. The predicted molar refractivity (Wildman–Crippen MR) is 119 cm³/mol. The Kier molecular flexibility index (Phi) is 5.37. The number of hydrogen-bond acceptors (Lipinski definition) is 2. The molecule has 0 spiro atoms. The fourth-order valence-electron chi connectivity index (χ4n) is 5.02. The highest BCUT2D eigenvalue weighted by atomic mass is 16.5. The van der Waals surface area contributed by atoms with Gasteiger partial charge in [-0.15, -0.1) is 0 Å². The second-order valence-corrected chi connectivity index (χ2v) is 8.35. The first-order valence-electron chi connectivity index (χ1n) is 10.9. The van der Waals surface area contributed by atoms with Crippen LogP contribution < -0.4 is 5.32 Å².